The van der Waals surface area contributed by atoms with Gasteiger partial charge in [-0.2, -0.15) is 10.1 Å². The quantitative estimate of drug-likeness (QED) is 0.0826. The van der Waals surface area contributed by atoms with Crippen molar-refractivity contribution in [3.8, 4) is 34.3 Å². The van der Waals surface area contributed by atoms with Crippen LogP contribution in [-0.2, 0) is 9.59 Å². The second-order valence-electron chi connectivity index (χ2n) is 17.1. The van der Waals surface area contributed by atoms with Crippen LogP contribution in [0.4, 0.5) is 40.2 Å². The lowest BCUT2D eigenvalue weighted by atomic mass is 9.94. The van der Waals surface area contributed by atoms with Crippen molar-refractivity contribution in [2.75, 3.05) is 84.9 Å². The molecule has 0 atom stereocenters. The van der Waals surface area contributed by atoms with Crippen molar-refractivity contribution in [1.29, 1.82) is 0 Å². The molecule has 66 heavy (non-hydrogen) atoms. The van der Waals surface area contributed by atoms with E-state index < -0.39 is 5.69 Å². The summed E-state index contributed by atoms with van der Waals surface area (Å²) >= 11 is 0. The Labute approximate surface area is 383 Å². The summed E-state index contributed by atoms with van der Waals surface area (Å²) in [5.41, 5.74) is 6.36. The van der Waals surface area contributed by atoms with Crippen molar-refractivity contribution in [2.45, 2.75) is 46.5 Å². The zero-order valence-electron chi connectivity index (χ0n) is 38.2. The number of aromatic nitrogens is 5. The van der Waals surface area contributed by atoms with E-state index in [1.807, 2.05) is 111 Å². The molecule has 17 heteroatoms. The number of nitrogens with one attached hydrogen (secondary N) is 2. The Morgan fingerprint density at radius 1 is 0.894 bits per heavy atom. The maximum Gasteiger partial charge on any atom is 0.348 e. The van der Waals surface area contributed by atoms with E-state index in [1.165, 1.54) is 15.5 Å². The van der Waals surface area contributed by atoms with Crippen molar-refractivity contribution in [1.82, 2.24) is 29.6 Å². The van der Waals surface area contributed by atoms with E-state index in [0.29, 0.717) is 78.5 Å². The van der Waals surface area contributed by atoms with E-state index in [2.05, 4.69) is 30.3 Å². The first kappa shape index (κ1) is 45.0. The molecule has 0 saturated carbocycles. The van der Waals surface area contributed by atoms with Crippen molar-refractivity contribution < 1.29 is 24.5 Å². The van der Waals surface area contributed by atoms with Crippen molar-refractivity contribution >= 4 is 52.5 Å². The molecule has 17 nitrogen and oxygen atoms in total. The van der Waals surface area contributed by atoms with Crippen LogP contribution in [-0.4, -0.2) is 112 Å². The highest BCUT2D eigenvalue weighted by molar-refractivity contribution is 5.85. The van der Waals surface area contributed by atoms with E-state index in [9.17, 15) is 24.6 Å². The summed E-state index contributed by atoms with van der Waals surface area (Å²) in [6.45, 7) is 12.3. The summed E-state index contributed by atoms with van der Waals surface area (Å²) in [7, 11) is 3.59. The van der Waals surface area contributed by atoms with Gasteiger partial charge in [-0.15, -0.1) is 0 Å². The van der Waals surface area contributed by atoms with Crippen molar-refractivity contribution in [3.05, 3.63) is 107 Å². The lowest BCUT2D eigenvalue weighted by Crippen LogP contribution is -2.51. The first-order valence-corrected chi connectivity index (χ1v) is 22.4. The highest BCUT2D eigenvalue weighted by Gasteiger charge is 2.31. The largest absolute Gasteiger partial charge is 0.508 e. The molecular weight excluding hydrogens is 839 g/mol. The van der Waals surface area contributed by atoms with E-state index in [1.54, 1.807) is 19.3 Å². The van der Waals surface area contributed by atoms with E-state index in [4.69, 9.17) is 9.72 Å². The molecule has 4 heterocycles. The fourth-order valence-corrected chi connectivity index (χ4v) is 8.83. The summed E-state index contributed by atoms with van der Waals surface area (Å²) in [4.78, 5) is 57.9. The molecule has 2 fully saturated rings. The lowest BCUT2D eigenvalue weighted by Gasteiger charge is -2.40. The van der Waals surface area contributed by atoms with Gasteiger partial charge in [0.2, 0.25) is 18.3 Å². The standard InChI is InChI=1S/C49H57N11O6/c1-7-66-44-26-36(16-17-39(44)51-48-50-29-41(55(5)30-61)46(52-48)56(6)40-11-9-8-10-32(40)4)57-20-18-33(19-21-57)47(64)59-24-22-58(23-25-59)34-12-14-35(15-13-34)60-45(53-54-49(60)65)38-27-37(31(2)3)42(62)28-43(38)63/h8-17,26-31,33,62-63H,7,18-25H2,1-6H3,(H,54,65)(H,50,51,52). The molecule has 0 aliphatic carbocycles. The third-order valence-electron chi connectivity index (χ3n) is 12.5. The van der Waals surface area contributed by atoms with Gasteiger partial charge in [0.15, 0.2) is 11.6 Å². The number of para-hydroxylation sites is 1. The number of nitrogens with zero attached hydrogens (tertiary/aromatic N) is 9. The number of piperazine rings is 1. The number of anilines is 7. The number of hydrogen-bond donors (Lipinski definition) is 4. The second kappa shape index (κ2) is 19.3. The normalized spacial score (nSPS) is 14.4. The number of aryl methyl sites for hydroxylation is 1. The van der Waals surface area contributed by atoms with Gasteiger partial charge in [-0.1, -0.05) is 32.0 Å². The number of rotatable bonds is 14. The minimum Gasteiger partial charge on any atom is -0.508 e. The molecule has 344 valence electrons. The molecule has 2 aliphatic rings. The third-order valence-corrected chi connectivity index (χ3v) is 12.5. The topological polar surface area (TPSA) is 189 Å². The molecule has 0 bridgehead atoms. The number of H-pyrrole nitrogens is 1. The van der Waals surface area contributed by atoms with Crippen LogP contribution < -0.4 is 35.3 Å². The minimum atomic E-state index is -0.452. The number of carbonyl (C=O) groups is 2. The van der Waals surface area contributed by atoms with Gasteiger partial charge in [0.05, 0.1) is 29.7 Å². The first-order chi connectivity index (χ1) is 31.8. The Morgan fingerprint density at radius 3 is 2.26 bits per heavy atom. The number of phenolic OH excluding ortho intramolecular Hbond substituents is 2. The molecule has 0 unspecified atom stereocenters. The maximum atomic E-state index is 13.8. The summed E-state index contributed by atoms with van der Waals surface area (Å²) in [5, 5.41) is 31.1. The molecule has 8 rings (SSSR count). The van der Waals surface area contributed by atoms with Crippen LogP contribution in [0.2, 0.25) is 0 Å². The Balaban J connectivity index is 0.877. The monoisotopic (exact) mass is 895 g/mol. The smallest absolute Gasteiger partial charge is 0.348 e. The number of piperidine rings is 1. The molecule has 2 saturated heterocycles. The number of aromatic hydroxyl groups is 2. The van der Waals surface area contributed by atoms with E-state index in [-0.39, 0.29) is 35.1 Å². The lowest BCUT2D eigenvalue weighted by molar-refractivity contribution is -0.136. The zero-order chi connectivity index (χ0) is 46.6. The summed E-state index contributed by atoms with van der Waals surface area (Å²) in [6, 6.07) is 24.5. The summed E-state index contributed by atoms with van der Waals surface area (Å²) in [5.74, 6) is 1.74. The van der Waals surface area contributed by atoms with Crippen LogP contribution >= 0.6 is 0 Å². The molecule has 2 aromatic heterocycles. The van der Waals surface area contributed by atoms with Gasteiger partial charge >= 0.3 is 5.69 Å². The average Bonchev–Trinajstić information content (AvgIpc) is 3.72. The Bertz CT molecular complexity index is 2760. The maximum absolute atomic E-state index is 13.8. The molecule has 0 spiro atoms. The highest BCUT2D eigenvalue weighted by atomic mass is 16.5. The predicted octanol–water partition coefficient (Wildman–Crippen LogP) is 6.93. The van der Waals surface area contributed by atoms with Gasteiger partial charge in [-0.3, -0.25) is 9.59 Å². The van der Waals surface area contributed by atoms with Gasteiger partial charge < -0.3 is 44.8 Å². The van der Waals surface area contributed by atoms with Crippen LogP contribution in [0.3, 0.4) is 0 Å². The van der Waals surface area contributed by atoms with Crippen molar-refractivity contribution in [3.63, 3.8) is 0 Å². The Kier molecular flexibility index (Phi) is 13.1. The molecule has 4 N–H and O–H groups in total. The number of aromatic amines is 1. The minimum absolute atomic E-state index is 0.0125. The Hall–Kier alpha value is -7.56. The van der Waals surface area contributed by atoms with Crippen LogP contribution in [0, 0.1) is 12.8 Å². The predicted molar refractivity (Wildman–Crippen MR) is 257 cm³/mol. The zero-order valence-corrected chi connectivity index (χ0v) is 38.2. The molecule has 2 aliphatic heterocycles. The van der Waals surface area contributed by atoms with Crippen LogP contribution in [0.5, 0.6) is 17.2 Å². The number of ether oxygens (including phenoxy) is 1. The highest BCUT2D eigenvalue weighted by Crippen LogP contribution is 2.39. The summed E-state index contributed by atoms with van der Waals surface area (Å²) < 4.78 is 7.53. The number of phenols is 2. The van der Waals surface area contributed by atoms with Gasteiger partial charge in [0, 0.05) is 88.5 Å². The molecule has 4 aromatic carbocycles. The number of carbonyl (C=O) groups excluding carboxylic acids is 2. The number of amides is 2. The molecule has 0 radical (unpaired) electrons. The van der Waals surface area contributed by atoms with Gasteiger partial charge in [0.1, 0.15) is 22.9 Å². The van der Waals surface area contributed by atoms with Crippen LogP contribution in [0.15, 0.2) is 89.9 Å². The first-order valence-electron chi connectivity index (χ1n) is 22.4. The molecule has 6 aromatic rings. The van der Waals surface area contributed by atoms with Crippen LogP contribution in [0.1, 0.15) is 50.7 Å². The molecule has 2 amide bonds. The summed E-state index contributed by atoms with van der Waals surface area (Å²) in [6.07, 6.45) is 3.85. The Morgan fingerprint density at radius 2 is 1.58 bits per heavy atom. The van der Waals surface area contributed by atoms with Gasteiger partial charge in [0.25, 0.3) is 0 Å². The van der Waals surface area contributed by atoms with Gasteiger partial charge in [-0.05, 0) is 92.3 Å². The fraction of sp³-hybridized carbons (Fsp3) is 0.347. The van der Waals surface area contributed by atoms with Crippen LogP contribution in [0.25, 0.3) is 17.1 Å². The van der Waals surface area contributed by atoms with E-state index >= 15 is 0 Å². The fourth-order valence-electron chi connectivity index (χ4n) is 8.83. The van der Waals surface area contributed by atoms with Gasteiger partial charge in [-0.25, -0.2) is 19.4 Å². The molecular formula is C49H57N11O6. The average molecular weight is 896 g/mol. The SMILES string of the molecule is CCOc1cc(N2CCC(C(=O)N3CCN(c4ccc(-n5c(-c6cc(C(C)C)c(O)cc6O)n[nH]c5=O)cc4)CC3)CC2)ccc1Nc1ncc(N(C)C=O)c(N(C)c2ccccc2C)n1. The number of hydrogen-bond acceptors (Lipinski definition) is 13. The van der Waals surface area contributed by atoms with Crippen molar-refractivity contribution in [2.24, 2.45) is 5.92 Å². The third kappa shape index (κ3) is 9.18. The number of benzene rings is 4. The van der Waals surface area contributed by atoms with E-state index in [0.717, 1.165) is 55.0 Å². The second-order valence-corrected chi connectivity index (χ2v) is 17.1.